The van der Waals surface area contributed by atoms with Crippen LogP contribution in [0.5, 0.6) is 0 Å². The van der Waals surface area contributed by atoms with Crippen molar-refractivity contribution in [2.75, 3.05) is 6.54 Å². The third-order valence-corrected chi connectivity index (χ3v) is 7.10. The normalized spacial score (nSPS) is 13.5. The molecule has 0 radical (unpaired) electrons. The van der Waals surface area contributed by atoms with E-state index in [-0.39, 0.29) is 28.3 Å². The van der Waals surface area contributed by atoms with Crippen LogP contribution in [0.25, 0.3) is 10.8 Å². The predicted molar refractivity (Wildman–Crippen MR) is 111 cm³/mol. The third kappa shape index (κ3) is 4.66. The Bertz CT molecular complexity index is 944. The number of carbonyl (C=O) groups is 1. The summed E-state index contributed by atoms with van der Waals surface area (Å²) in [5.41, 5.74) is 1.60. The summed E-state index contributed by atoms with van der Waals surface area (Å²) in [4.78, 5) is 12.3. The molecule has 6 nitrogen and oxygen atoms in total. The molecule has 0 aliphatic rings. The lowest BCUT2D eigenvalue weighted by Crippen LogP contribution is -2.52. The van der Waals surface area contributed by atoms with Gasteiger partial charge in [-0.05, 0) is 29.7 Å². The van der Waals surface area contributed by atoms with Crippen LogP contribution in [0, 0.1) is 11.8 Å². The molecule has 1 amide bonds. The quantitative estimate of drug-likeness (QED) is 0.492. The number of rotatable bonds is 8. The minimum Gasteiger partial charge on any atom is -0.289 e. The molecule has 0 aliphatic heterocycles. The molecule has 2 aromatic carbocycles. The van der Waals surface area contributed by atoms with E-state index in [1.165, 1.54) is 6.07 Å². The average molecular weight is 427 g/mol. The molecule has 0 spiro atoms. The lowest BCUT2D eigenvalue weighted by Gasteiger charge is -2.32. The van der Waals surface area contributed by atoms with Gasteiger partial charge in [0.2, 0.25) is 10.0 Å². The summed E-state index contributed by atoms with van der Waals surface area (Å²) < 4.78 is 28.3. The summed E-state index contributed by atoms with van der Waals surface area (Å²) >= 11 is 6.47. The summed E-state index contributed by atoms with van der Waals surface area (Å²) in [6, 6.07) is 9.36. The molecular weight excluding hydrogens is 400 g/mol. The van der Waals surface area contributed by atoms with Crippen molar-refractivity contribution in [1.29, 1.82) is 0 Å². The topological polar surface area (TPSA) is 86.7 Å². The van der Waals surface area contributed by atoms with E-state index in [0.29, 0.717) is 11.8 Å². The first-order valence-corrected chi connectivity index (χ1v) is 11.1. The van der Waals surface area contributed by atoms with Crippen molar-refractivity contribution in [3.8, 4) is 0 Å². The second kappa shape index (κ2) is 9.22. The molecule has 1 atom stereocenters. The molecule has 2 rings (SSSR count). The average Bonchev–Trinajstić information content (AvgIpc) is 2.64. The molecule has 0 fully saturated rings. The van der Waals surface area contributed by atoms with Gasteiger partial charge in [-0.1, -0.05) is 69.6 Å². The molecule has 0 saturated carbocycles. The maximum absolute atomic E-state index is 13.6. The Morgan fingerprint density at radius 2 is 1.79 bits per heavy atom. The summed E-state index contributed by atoms with van der Waals surface area (Å²) in [6.07, 6.45) is 0.562. The van der Waals surface area contributed by atoms with Gasteiger partial charge in [-0.2, -0.15) is 4.31 Å². The maximum Gasteiger partial charge on any atom is 0.262 e. The lowest BCUT2D eigenvalue weighted by atomic mass is 10.0. The number of sulfonamides is 1. The van der Waals surface area contributed by atoms with Gasteiger partial charge in [-0.15, -0.1) is 0 Å². The largest absolute Gasteiger partial charge is 0.289 e. The molecule has 28 heavy (non-hydrogen) atoms. The first kappa shape index (κ1) is 22.6. The smallest absolute Gasteiger partial charge is 0.262 e. The van der Waals surface area contributed by atoms with Gasteiger partial charge in [0.05, 0.1) is 5.02 Å². The van der Waals surface area contributed by atoms with Crippen LogP contribution in [-0.2, 0) is 14.8 Å². The first-order chi connectivity index (χ1) is 13.1. The third-order valence-electron chi connectivity index (χ3n) is 4.66. The summed E-state index contributed by atoms with van der Waals surface area (Å²) in [5.74, 6) is -0.887. The molecule has 0 bridgehead atoms. The number of amides is 1. The number of nitrogens with one attached hydrogen (secondary N) is 1. The Hall–Kier alpha value is -1.67. The van der Waals surface area contributed by atoms with Crippen LogP contribution in [0.15, 0.2) is 41.3 Å². The van der Waals surface area contributed by atoms with E-state index in [4.69, 9.17) is 16.8 Å². The Labute approximate surface area is 171 Å². The molecule has 2 aromatic rings. The number of hydrogen-bond acceptors (Lipinski definition) is 4. The van der Waals surface area contributed by atoms with Gasteiger partial charge in [0.15, 0.2) is 0 Å². The van der Waals surface area contributed by atoms with Crippen molar-refractivity contribution >= 4 is 38.3 Å². The van der Waals surface area contributed by atoms with Gasteiger partial charge in [0.25, 0.3) is 5.91 Å². The highest BCUT2D eigenvalue weighted by molar-refractivity contribution is 7.89. The predicted octanol–water partition coefficient (Wildman–Crippen LogP) is 4.06. The highest BCUT2D eigenvalue weighted by Crippen LogP contribution is 2.33. The molecule has 0 heterocycles. The van der Waals surface area contributed by atoms with E-state index >= 15 is 0 Å². The number of fused-ring (bicyclic) bond motifs is 1. The number of halogens is 1. The molecule has 8 heteroatoms. The van der Waals surface area contributed by atoms with Crippen molar-refractivity contribution in [2.24, 2.45) is 11.8 Å². The van der Waals surface area contributed by atoms with Crippen molar-refractivity contribution in [1.82, 2.24) is 9.79 Å². The molecule has 154 valence electrons. The fourth-order valence-corrected chi connectivity index (χ4v) is 5.51. The second-order valence-corrected chi connectivity index (χ2v) is 9.80. The summed E-state index contributed by atoms with van der Waals surface area (Å²) in [6.45, 7) is 7.56. The van der Waals surface area contributed by atoms with Crippen LogP contribution in [0.3, 0.4) is 0 Å². The van der Waals surface area contributed by atoms with E-state index in [0.717, 1.165) is 9.69 Å². The van der Waals surface area contributed by atoms with Gasteiger partial charge in [-0.3, -0.25) is 10.0 Å². The van der Waals surface area contributed by atoms with Crippen molar-refractivity contribution in [2.45, 2.75) is 45.1 Å². The highest BCUT2D eigenvalue weighted by atomic mass is 35.5. The maximum atomic E-state index is 13.6. The molecule has 0 saturated heterocycles. The van der Waals surface area contributed by atoms with E-state index < -0.39 is 22.0 Å². The Morgan fingerprint density at radius 1 is 1.14 bits per heavy atom. The van der Waals surface area contributed by atoms with Gasteiger partial charge < -0.3 is 0 Å². The number of nitrogens with zero attached hydrogens (tertiary/aromatic N) is 1. The summed E-state index contributed by atoms with van der Waals surface area (Å²) in [5, 5.41) is 10.7. The Kier molecular flexibility index (Phi) is 7.45. The number of carbonyl (C=O) groups excluding carboxylic acids is 1. The molecule has 0 aliphatic carbocycles. The Morgan fingerprint density at radius 3 is 2.36 bits per heavy atom. The Balaban J connectivity index is 2.63. The first-order valence-electron chi connectivity index (χ1n) is 9.24. The van der Waals surface area contributed by atoms with Crippen LogP contribution in [-0.4, -0.2) is 36.4 Å². The number of hydroxylamine groups is 1. The highest BCUT2D eigenvalue weighted by Gasteiger charge is 2.38. The van der Waals surface area contributed by atoms with E-state index in [1.54, 1.807) is 37.5 Å². The van der Waals surface area contributed by atoms with Crippen LogP contribution >= 0.6 is 11.6 Å². The summed E-state index contributed by atoms with van der Waals surface area (Å²) in [7, 11) is -4.09. The van der Waals surface area contributed by atoms with E-state index in [9.17, 15) is 13.2 Å². The molecule has 0 unspecified atom stereocenters. The SMILES string of the molecule is CC(C)CCN([C@@H](C(=O)NO)C(C)C)S(=O)(=O)c1ccc2ccccc2c1Cl. The second-order valence-electron chi connectivity index (χ2n) is 7.56. The number of benzene rings is 2. The van der Waals surface area contributed by atoms with Crippen LogP contribution < -0.4 is 5.48 Å². The lowest BCUT2D eigenvalue weighted by molar-refractivity contribution is -0.134. The van der Waals surface area contributed by atoms with Gasteiger partial charge in [0.1, 0.15) is 10.9 Å². The molecule has 2 N–H and O–H groups in total. The minimum atomic E-state index is -4.09. The fraction of sp³-hybridized carbons (Fsp3) is 0.450. The van der Waals surface area contributed by atoms with Gasteiger partial charge >= 0.3 is 0 Å². The van der Waals surface area contributed by atoms with Gasteiger partial charge in [-0.25, -0.2) is 13.9 Å². The van der Waals surface area contributed by atoms with E-state index in [2.05, 4.69) is 0 Å². The standard InChI is InChI=1S/C20H27ClN2O4S/c1-13(2)11-12-23(19(14(3)4)20(24)22-25)28(26,27)17-10-9-15-7-5-6-8-16(15)18(17)21/h5-10,13-14,19,25H,11-12H2,1-4H3,(H,22,24)/t19-/m1/s1. The van der Waals surface area contributed by atoms with Crippen molar-refractivity contribution in [3.63, 3.8) is 0 Å². The monoisotopic (exact) mass is 426 g/mol. The van der Waals surface area contributed by atoms with Crippen molar-refractivity contribution in [3.05, 3.63) is 41.4 Å². The fourth-order valence-electron chi connectivity index (χ4n) is 3.17. The van der Waals surface area contributed by atoms with Crippen LogP contribution in [0.1, 0.15) is 34.1 Å². The zero-order valence-electron chi connectivity index (χ0n) is 16.5. The van der Waals surface area contributed by atoms with E-state index in [1.807, 2.05) is 26.0 Å². The molecular formula is C20H27ClN2O4S. The van der Waals surface area contributed by atoms with Crippen LogP contribution in [0.4, 0.5) is 0 Å². The molecule has 0 aromatic heterocycles. The van der Waals surface area contributed by atoms with Crippen LogP contribution in [0.2, 0.25) is 5.02 Å². The van der Waals surface area contributed by atoms with Gasteiger partial charge in [0, 0.05) is 11.9 Å². The zero-order chi connectivity index (χ0) is 21.1. The minimum absolute atomic E-state index is 0.0481. The van der Waals surface area contributed by atoms with Crippen molar-refractivity contribution < 1.29 is 18.4 Å². The number of hydrogen-bond donors (Lipinski definition) is 2. The zero-order valence-corrected chi connectivity index (χ0v) is 18.1.